The van der Waals surface area contributed by atoms with Crippen molar-refractivity contribution in [1.29, 1.82) is 0 Å². The Balaban J connectivity index is 2.32. The number of carbonyl (C=O) groups is 4. The highest BCUT2D eigenvalue weighted by molar-refractivity contribution is 6.29. The first kappa shape index (κ1) is 26.4. The van der Waals surface area contributed by atoms with E-state index in [2.05, 4.69) is 5.43 Å². The molecule has 4 amide bonds. The molecule has 1 saturated carbocycles. The first-order chi connectivity index (χ1) is 15.7. The van der Waals surface area contributed by atoms with Gasteiger partial charge in [0.05, 0.1) is 6.54 Å². The Morgan fingerprint density at radius 1 is 1.12 bits per heavy atom. The van der Waals surface area contributed by atoms with Crippen molar-refractivity contribution in [1.82, 2.24) is 10.4 Å². The Labute approximate surface area is 196 Å². The highest BCUT2D eigenvalue weighted by Crippen LogP contribution is 2.35. The quantitative estimate of drug-likeness (QED) is 0.344. The summed E-state index contributed by atoms with van der Waals surface area (Å²) in [6.07, 6.45) is 2.28. The van der Waals surface area contributed by atoms with Crippen molar-refractivity contribution in [3.05, 3.63) is 35.9 Å². The number of nitrogens with two attached hydrogens (primary N) is 2. The molecule has 0 radical (unpaired) electrons. The van der Waals surface area contributed by atoms with Crippen molar-refractivity contribution >= 4 is 35.4 Å². The number of carbonyl (C=O) groups excluding carboxylic acids is 4. The zero-order valence-corrected chi connectivity index (χ0v) is 19.0. The number of benzene rings is 1. The molecule has 1 aromatic carbocycles. The molecule has 0 spiro atoms. The van der Waals surface area contributed by atoms with E-state index in [0.717, 1.165) is 37.7 Å². The summed E-state index contributed by atoms with van der Waals surface area (Å²) in [7, 11) is 0. The van der Waals surface area contributed by atoms with Crippen LogP contribution in [0.25, 0.3) is 0 Å². The first-order valence-corrected chi connectivity index (χ1v) is 11.3. The van der Waals surface area contributed by atoms with Gasteiger partial charge < -0.3 is 16.2 Å². The molecule has 5 N–H and O–H groups in total. The molecule has 0 aromatic heterocycles. The Morgan fingerprint density at radius 3 is 2.30 bits per heavy atom. The Bertz CT molecular complexity index is 820. The van der Waals surface area contributed by atoms with Gasteiger partial charge in [-0.3, -0.25) is 19.8 Å². The zero-order valence-electron chi connectivity index (χ0n) is 18.3. The van der Waals surface area contributed by atoms with Crippen molar-refractivity contribution in [2.45, 2.75) is 56.7 Å². The van der Waals surface area contributed by atoms with Crippen LogP contribution >= 0.6 is 11.6 Å². The number of halogens is 2. The smallest absolute Gasteiger partial charge is 0.405 e. The molecule has 3 atom stereocenters. The van der Waals surface area contributed by atoms with Crippen LogP contribution in [0.15, 0.2) is 30.3 Å². The number of nitrogens with zero attached hydrogens (tertiary/aromatic N) is 1. The van der Waals surface area contributed by atoms with Gasteiger partial charge in [0, 0.05) is 12.3 Å². The Hall–Kier alpha value is -2.88. The summed E-state index contributed by atoms with van der Waals surface area (Å²) in [6.45, 7) is -0.400. The number of hydrogen-bond donors (Lipinski definition) is 3. The molecule has 0 heterocycles. The van der Waals surface area contributed by atoms with Crippen LogP contribution < -0.4 is 16.9 Å². The third-order valence-electron chi connectivity index (χ3n) is 5.74. The second-order valence-electron chi connectivity index (χ2n) is 8.09. The summed E-state index contributed by atoms with van der Waals surface area (Å²) in [6, 6.07) is 9.40. The summed E-state index contributed by atoms with van der Waals surface area (Å²) in [5, 5.41) is 0.572. The van der Waals surface area contributed by atoms with Crippen LogP contribution in [0.4, 0.5) is 9.18 Å². The van der Waals surface area contributed by atoms with E-state index in [1.165, 1.54) is 0 Å². The van der Waals surface area contributed by atoms with E-state index >= 15 is 0 Å². The summed E-state index contributed by atoms with van der Waals surface area (Å²) >= 11 is 5.25. The molecule has 2 rings (SSSR count). The molecule has 1 aromatic rings. The van der Waals surface area contributed by atoms with Crippen LogP contribution in [0.1, 0.15) is 44.1 Å². The van der Waals surface area contributed by atoms with Crippen LogP contribution in [0, 0.1) is 11.8 Å². The van der Waals surface area contributed by atoms with Crippen molar-refractivity contribution < 1.29 is 28.3 Å². The maximum atomic E-state index is 13.5. The molecule has 1 aliphatic carbocycles. The molecule has 11 heteroatoms. The van der Waals surface area contributed by atoms with Crippen LogP contribution in [0.5, 0.6) is 0 Å². The summed E-state index contributed by atoms with van der Waals surface area (Å²) in [5.74, 6) is -3.28. The second kappa shape index (κ2) is 13.0. The van der Waals surface area contributed by atoms with Gasteiger partial charge in [0.15, 0.2) is 6.10 Å². The van der Waals surface area contributed by atoms with E-state index in [1.807, 2.05) is 30.3 Å². The third-order valence-corrected chi connectivity index (χ3v) is 5.93. The van der Waals surface area contributed by atoms with Crippen LogP contribution in [0.3, 0.4) is 0 Å². The molecule has 1 unspecified atom stereocenters. The van der Waals surface area contributed by atoms with Gasteiger partial charge in [-0.05, 0) is 17.9 Å². The number of rotatable bonds is 10. The summed E-state index contributed by atoms with van der Waals surface area (Å²) < 4.78 is 18.7. The highest BCUT2D eigenvalue weighted by atomic mass is 35.5. The average Bonchev–Trinajstić information content (AvgIpc) is 2.79. The molecule has 33 heavy (non-hydrogen) atoms. The molecular formula is C22H30ClFN4O5. The number of hydrazine groups is 1. The zero-order chi connectivity index (χ0) is 24.4. The van der Waals surface area contributed by atoms with E-state index in [9.17, 15) is 23.6 Å². The van der Waals surface area contributed by atoms with E-state index in [-0.39, 0.29) is 12.3 Å². The molecule has 1 aliphatic rings. The minimum absolute atomic E-state index is 0.0609. The number of hydrogen-bond acceptors (Lipinski definition) is 5. The van der Waals surface area contributed by atoms with E-state index in [0.29, 0.717) is 11.4 Å². The number of alkyl halides is 2. The maximum absolute atomic E-state index is 13.5. The Morgan fingerprint density at radius 2 is 1.76 bits per heavy atom. The fourth-order valence-electron chi connectivity index (χ4n) is 4.19. The largest absolute Gasteiger partial charge is 0.436 e. The maximum Gasteiger partial charge on any atom is 0.405 e. The minimum Gasteiger partial charge on any atom is -0.436 e. The SMILES string of the molecule is NC(=O)CCN(NC(=O)[C@@H](OC(N)=O)C(Cc1ccccc1)C1CCCCC1)C(=O)[C@@H](F)Cl. The van der Waals surface area contributed by atoms with Gasteiger partial charge in [0.1, 0.15) is 0 Å². The van der Waals surface area contributed by atoms with Crippen LogP contribution in [0.2, 0.25) is 0 Å². The minimum atomic E-state index is -2.45. The second-order valence-corrected chi connectivity index (χ2v) is 8.48. The van der Waals surface area contributed by atoms with Crippen molar-refractivity contribution in [3.63, 3.8) is 0 Å². The fraction of sp³-hybridized carbons (Fsp3) is 0.545. The van der Waals surface area contributed by atoms with E-state index < -0.39 is 48.0 Å². The topological polar surface area (TPSA) is 145 Å². The van der Waals surface area contributed by atoms with Gasteiger partial charge in [-0.25, -0.2) is 14.2 Å². The molecular weight excluding hydrogens is 455 g/mol. The molecule has 182 valence electrons. The number of amides is 4. The average molecular weight is 485 g/mol. The van der Waals surface area contributed by atoms with Gasteiger partial charge in [-0.15, -0.1) is 0 Å². The number of nitrogens with one attached hydrogen (secondary N) is 1. The monoisotopic (exact) mass is 484 g/mol. The molecule has 0 bridgehead atoms. The van der Waals surface area contributed by atoms with Gasteiger partial charge in [0.2, 0.25) is 5.91 Å². The van der Waals surface area contributed by atoms with E-state index in [1.54, 1.807) is 0 Å². The standard InChI is InChI=1S/C22H30ClFN4O5/c23-19(24)21(31)28(12-11-17(25)29)27-20(30)18(33-22(26)32)16(15-9-5-2-6-10-15)13-14-7-3-1-4-8-14/h1,3-4,7-8,15-16,18-19H,2,5-6,9-13H2,(H2,25,29)(H2,26,32)(H,27,30)/t16?,18-,19+/m0/s1. The number of ether oxygens (including phenoxy) is 1. The van der Waals surface area contributed by atoms with Gasteiger partial charge in [-0.1, -0.05) is 74.0 Å². The van der Waals surface area contributed by atoms with Crippen molar-refractivity contribution in [2.24, 2.45) is 23.3 Å². The van der Waals surface area contributed by atoms with Gasteiger partial charge >= 0.3 is 6.09 Å². The van der Waals surface area contributed by atoms with Gasteiger partial charge in [-0.2, -0.15) is 0 Å². The lowest BCUT2D eigenvalue weighted by Crippen LogP contribution is -2.55. The summed E-state index contributed by atoms with van der Waals surface area (Å²) in [4.78, 5) is 48.2. The third kappa shape index (κ3) is 8.53. The van der Waals surface area contributed by atoms with Crippen LogP contribution in [-0.2, 0) is 25.5 Å². The lowest BCUT2D eigenvalue weighted by Gasteiger charge is -2.35. The Kier molecular flexibility index (Phi) is 10.4. The normalized spacial score (nSPS) is 16.8. The van der Waals surface area contributed by atoms with Crippen LogP contribution in [-0.4, -0.2) is 47.1 Å². The molecule has 9 nitrogen and oxygen atoms in total. The van der Waals surface area contributed by atoms with Gasteiger partial charge in [0.25, 0.3) is 17.4 Å². The highest BCUT2D eigenvalue weighted by Gasteiger charge is 2.39. The molecule has 0 aliphatic heterocycles. The predicted molar refractivity (Wildman–Crippen MR) is 119 cm³/mol. The fourth-order valence-corrected chi connectivity index (χ4v) is 4.31. The predicted octanol–water partition coefficient (Wildman–Crippen LogP) is 2.16. The lowest BCUT2D eigenvalue weighted by molar-refractivity contribution is -0.149. The lowest BCUT2D eigenvalue weighted by atomic mass is 9.74. The van der Waals surface area contributed by atoms with Crippen molar-refractivity contribution in [2.75, 3.05) is 6.54 Å². The number of primary amides is 2. The molecule has 0 saturated heterocycles. The van der Waals surface area contributed by atoms with Crippen molar-refractivity contribution in [3.8, 4) is 0 Å². The summed E-state index contributed by atoms with van der Waals surface area (Å²) in [5.41, 5.74) is 11.1. The first-order valence-electron chi connectivity index (χ1n) is 10.9. The van der Waals surface area contributed by atoms with E-state index in [4.69, 9.17) is 27.8 Å². The molecule has 1 fully saturated rings.